The summed E-state index contributed by atoms with van der Waals surface area (Å²) in [7, 11) is 0. The van der Waals surface area contributed by atoms with E-state index in [0.29, 0.717) is 11.5 Å². The van der Waals surface area contributed by atoms with Gasteiger partial charge in [-0.1, -0.05) is 0 Å². The molecule has 0 aromatic carbocycles. The molecule has 1 N–H and O–H groups in total. The average molecular weight is 220 g/mol. The van der Waals surface area contributed by atoms with E-state index in [0.717, 1.165) is 38.0 Å². The minimum atomic E-state index is 0.260. The Labute approximate surface area is 94.9 Å². The van der Waals surface area contributed by atoms with E-state index < -0.39 is 0 Å². The first-order chi connectivity index (χ1) is 7.83. The third-order valence-corrected chi connectivity index (χ3v) is 3.05. The fourth-order valence-electron chi connectivity index (χ4n) is 2.11. The van der Waals surface area contributed by atoms with E-state index >= 15 is 0 Å². The number of anilines is 1. The van der Waals surface area contributed by atoms with Gasteiger partial charge in [0.2, 0.25) is 0 Å². The molecule has 1 unspecified atom stereocenters. The highest BCUT2D eigenvalue weighted by Crippen LogP contribution is 2.23. The highest BCUT2D eigenvalue weighted by atomic mass is 16.3. The molecule has 0 aliphatic carbocycles. The summed E-state index contributed by atoms with van der Waals surface area (Å²) in [6.07, 6.45) is 4.37. The summed E-state index contributed by atoms with van der Waals surface area (Å²) >= 11 is 0. The van der Waals surface area contributed by atoms with Crippen molar-refractivity contribution in [2.24, 2.45) is 5.92 Å². The number of nitrogens with zero attached hydrogens (tertiary/aromatic N) is 2. The van der Waals surface area contributed by atoms with Crippen LogP contribution >= 0.6 is 0 Å². The summed E-state index contributed by atoms with van der Waals surface area (Å²) in [5.41, 5.74) is 0.606. The van der Waals surface area contributed by atoms with Gasteiger partial charge in [0, 0.05) is 31.5 Å². The molecule has 0 amide bonds. The van der Waals surface area contributed by atoms with Crippen LogP contribution in [-0.2, 0) is 0 Å². The van der Waals surface area contributed by atoms with E-state index in [4.69, 9.17) is 5.11 Å². The number of hydrogen-bond donors (Lipinski definition) is 1. The number of carbonyl (C=O) groups is 1. The zero-order valence-electron chi connectivity index (χ0n) is 9.17. The quantitative estimate of drug-likeness (QED) is 0.772. The molecule has 0 spiro atoms. The summed E-state index contributed by atoms with van der Waals surface area (Å²) in [5.74, 6) is 1.49. The van der Waals surface area contributed by atoms with Gasteiger partial charge in [0.15, 0.2) is 6.29 Å². The summed E-state index contributed by atoms with van der Waals surface area (Å²) < 4.78 is 0. The van der Waals surface area contributed by atoms with Crippen LogP contribution in [-0.4, -0.2) is 36.1 Å². The van der Waals surface area contributed by atoms with Crippen molar-refractivity contribution in [3.8, 4) is 0 Å². The van der Waals surface area contributed by atoms with Crippen molar-refractivity contribution in [2.45, 2.75) is 12.8 Å². The third-order valence-electron chi connectivity index (χ3n) is 3.05. The maximum Gasteiger partial charge on any atom is 0.151 e. The van der Waals surface area contributed by atoms with Crippen LogP contribution in [0.15, 0.2) is 18.3 Å². The van der Waals surface area contributed by atoms with Crippen molar-refractivity contribution in [1.82, 2.24) is 4.98 Å². The van der Waals surface area contributed by atoms with E-state index in [-0.39, 0.29) is 6.61 Å². The van der Waals surface area contributed by atoms with Gasteiger partial charge in [0.1, 0.15) is 5.82 Å². The van der Waals surface area contributed by atoms with E-state index in [1.54, 1.807) is 12.3 Å². The predicted octanol–water partition coefficient (Wildman–Crippen LogP) is 1.10. The summed E-state index contributed by atoms with van der Waals surface area (Å²) in [5, 5.41) is 8.88. The SMILES string of the molecule is O=Cc1ccc(N2CCC(CCO)C2)nc1. The predicted molar refractivity (Wildman–Crippen MR) is 61.6 cm³/mol. The van der Waals surface area contributed by atoms with Crippen LogP contribution < -0.4 is 4.90 Å². The molecular weight excluding hydrogens is 204 g/mol. The maximum absolute atomic E-state index is 10.5. The van der Waals surface area contributed by atoms with Gasteiger partial charge in [-0.15, -0.1) is 0 Å². The van der Waals surface area contributed by atoms with Crippen molar-refractivity contribution in [3.05, 3.63) is 23.9 Å². The van der Waals surface area contributed by atoms with Gasteiger partial charge in [-0.2, -0.15) is 0 Å². The van der Waals surface area contributed by atoms with Crippen molar-refractivity contribution < 1.29 is 9.90 Å². The summed E-state index contributed by atoms with van der Waals surface area (Å²) in [4.78, 5) is 17.0. The highest BCUT2D eigenvalue weighted by Gasteiger charge is 2.22. The van der Waals surface area contributed by atoms with Crippen molar-refractivity contribution >= 4 is 12.1 Å². The Morgan fingerprint density at radius 2 is 2.44 bits per heavy atom. The van der Waals surface area contributed by atoms with Gasteiger partial charge in [-0.25, -0.2) is 4.98 Å². The molecule has 1 aromatic heterocycles. The Hall–Kier alpha value is -1.42. The Morgan fingerprint density at radius 3 is 3.06 bits per heavy atom. The Balaban J connectivity index is 2.00. The summed E-state index contributed by atoms with van der Waals surface area (Å²) in [6, 6.07) is 3.67. The second-order valence-electron chi connectivity index (χ2n) is 4.18. The summed E-state index contributed by atoms with van der Waals surface area (Å²) in [6.45, 7) is 2.20. The van der Waals surface area contributed by atoms with Crippen LogP contribution in [0.4, 0.5) is 5.82 Å². The third kappa shape index (κ3) is 2.39. The maximum atomic E-state index is 10.5. The van der Waals surface area contributed by atoms with Gasteiger partial charge in [0.05, 0.1) is 0 Å². The highest BCUT2D eigenvalue weighted by molar-refractivity contribution is 5.74. The molecule has 86 valence electrons. The van der Waals surface area contributed by atoms with Crippen LogP contribution in [0.3, 0.4) is 0 Å². The molecule has 16 heavy (non-hydrogen) atoms. The van der Waals surface area contributed by atoms with Gasteiger partial charge in [-0.05, 0) is 30.9 Å². The fourth-order valence-corrected chi connectivity index (χ4v) is 2.11. The van der Waals surface area contributed by atoms with E-state index in [1.807, 2.05) is 6.07 Å². The molecule has 1 fully saturated rings. The zero-order valence-corrected chi connectivity index (χ0v) is 9.17. The number of rotatable bonds is 4. The lowest BCUT2D eigenvalue weighted by Crippen LogP contribution is -2.20. The minimum absolute atomic E-state index is 0.260. The molecule has 0 saturated carbocycles. The molecule has 0 bridgehead atoms. The van der Waals surface area contributed by atoms with Gasteiger partial charge in [0.25, 0.3) is 0 Å². The molecule has 1 saturated heterocycles. The van der Waals surface area contributed by atoms with Crippen LogP contribution in [0.25, 0.3) is 0 Å². The number of carbonyl (C=O) groups excluding carboxylic acids is 1. The van der Waals surface area contributed by atoms with Crippen LogP contribution in [0.1, 0.15) is 23.2 Å². The molecule has 4 heteroatoms. The lowest BCUT2D eigenvalue weighted by atomic mass is 10.1. The largest absolute Gasteiger partial charge is 0.396 e. The normalized spacial score (nSPS) is 20.1. The Morgan fingerprint density at radius 1 is 1.56 bits per heavy atom. The first kappa shape index (κ1) is 11.1. The molecule has 1 aromatic rings. The van der Waals surface area contributed by atoms with Crippen LogP contribution in [0.5, 0.6) is 0 Å². The molecule has 0 radical (unpaired) electrons. The number of aldehydes is 1. The monoisotopic (exact) mass is 220 g/mol. The molecule has 1 atom stereocenters. The number of hydrogen-bond acceptors (Lipinski definition) is 4. The Kier molecular flexibility index (Phi) is 3.51. The zero-order chi connectivity index (χ0) is 11.4. The number of aromatic nitrogens is 1. The van der Waals surface area contributed by atoms with E-state index in [2.05, 4.69) is 9.88 Å². The van der Waals surface area contributed by atoms with E-state index in [1.165, 1.54) is 0 Å². The van der Waals surface area contributed by atoms with Crippen molar-refractivity contribution in [1.29, 1.82) is 0 Å². The van der Waals surface area contributed by atoms with Gasteiger partial charge in [-0.3, -0.25) is 4.79 Å². The van der Waals surface area contributed by atoms with E-state index in [9.17, 15) is 4.79 Å². The first-order valence-corrected chi connectivity index (χ1v) is 5.60. The van der Waals surface area contributed by atoms with Gasteiger partial charge >= 0.3 is 0 Å². The molecule has 2 heterocycles. The molecule has 2 rings (SSSR count). The lowest BCUT2D eigenvalue weighted by molar-refractivity contribution is 0.112. The molecular formula is C12H16N2O2. The first-order valence-electron chi connectivity index (χ1n) is 5.60. The van der Waals surface area contributed by atoms with Crippen molar-refractivity contribution in [3.63, 3.8) is 0 Å². The topological polar surface area (TPSA) is 53.4 Å². The smallest absolute Gasteiger partial charge is 0.151 e. The molecule has 1 aliphatic heterocycles. The molecule has 4 nitrogen and oxygen atoms in total. The second-order valence-corrected chi connectivity index (χ2v) is 4.18. The molecule has 1 aliphatic rings. The fraction of sp³-hybridized carbons (Fsp3) is 0.500. The standard InChI is InChI=1S/C12H16N2O2/c15-6-4-10-3-5-14(8-10)12-2-1-11(9-16)7-13-12/h1-2,7,9-10,15H,3-6,8H2. The number of aliphatic hydroxyl groups is 1. The number of aliphatic hydroxyl groups excluding tert-OH is 1. The Bertz CT molecular complexity index is 351. The second kappa shape index (κ2) is 5.07. The lowest BCUT2D eigenvalue weighted by Gasteiger charge is -2.17. The van der Waals surface area contributed by atoms with Gasteiger partial charge < -0.3 is 10.0 Å². The number of pyridine rings is 1. The van der Waals surface area contributed by atoms with Crippen LogP contribution in [0.2, 0.25) is 0 Å². The van der Waals surface area contributed by atoms with Crippen LogP contribution in [0, 0.1) is 5.92 Å². The minimum Gasteiger partial charge on any atom is -0.396 e. The average Bonchev–Trinajstić information content (AvgIpc) is 2.78. The van der Waals surface area contributed by atoms with Crippen molar-refractivity contribution in [2.75, 3.05) is 24.6 Å².